The first-order valence-corrected chi connectivity index (χ1v) is 7.02. The van der Waals surface area contributed by atoms with Crippen LogP contribution in [0.2, 0.25) is 0 Å². The first-order valence-electron chi connectivity index (χ1n) is 6.23. The lowest BCUT2D eigenvalue weighted by Crippen LogP contribution is -2.32. The quantitative estimate of drug-likeness (QED) is 0.644. The molecule has 3 N–H and O–H groups in total. The molecular weight excluding hydrogens is 308 g/mol. The lowest BCUT2D eigenvalue weighted by Gasteiger charge is -2.16. The minimum Gasteiger partial charge on any atom is -0.337 e. The van der Waals surface area contributed by atoms with Gasteiger partial charge in [-0.25, -0.2) is 10.4 Å². The van der Waals surface area contributed by atoms with Crippen LogP contribution in [0.4, 0.5) is 0 Å². The Morgan fingerprint density at radius 1 is 1.53 bits per heavy atom. The fraction of sp³-hybridized carbons (Fsp3) is 0.500. The van der Waals surface area contributed by atoms with Gasteiger partial charge in [-0.1, -0.05) is 0 Å². The molecule has 104 valence electrons. The molecule has 0 saturated heterocycles. The van der Waals surface area contributed by atoms with Crippen molar-refractivity contribution in [2.24, 2.45) is 12.9 Å². The van der Waals surface area contributed by atoms with Crippen molar-refractivity contribution in [1.82, 2.24) is 24.8 Å². The summed E-state index contributed by atoms with van der Waals surface area (Å²) in [4.78, 5) is 4.35. The van der Waals surface area contributed by atoms with Crippen LogP contribution >= 0.6 is 15.9 Å². The smallest absolute Gasteiger partial charge is 0.127 e. The molecule has 0 aliphatic heterocycles. The van der Waals surface area contributed by atoms with E-state index in [9.17, 15) is 0 Å². The number of nitrogens with zero attached hydrogens (tertiary/aromatic N) is 4. The number of halogens is 1. The Kier molecular flexibility index (Phi) is 4.38. The molecule has 0 saturated carbocycles. The van der Waals surface area contributed by atoms with Crippen molar-refractivity contribution in [1.29, 1.82) is 0 Å². The van der Waals surface area contributed by atoms with Gasteiger partial charge in [0.2, 0.25) is 0 Å². The van der Waals surface area contributed by atoms with Gasteiger partial charge in [0.05, 0.1) is 21.9 Å². The van der Waals surface area contributed by atoms with Gasteiger partial charge in [-0.15, -0.1) is 0 Å². The van der Waals surface area contributed by atoms with Crippen LogP contribution in [0, 0.1) is 6.92 Å². The van der Waals surface area contributed by atoms with Crippen LogP contribution in [0.3, 0.4) is 0 Å². The number of aromatic nitrogens is 4. The molecule has 19 heavy (non-hydrogen) atoms. The molecule has 0 radical (unpaired) electrons. The number of rotatable bonds is 5. The fourth-order valence-electron chi connectivity index (χ4n) is 2.20. The lowest BCUT2D eigenvalue weighted by molar-refractivity contribution is 0.483. The van der Waals surface area contributed by atoms with Crippen LogP contribution in [0.15, 0.2) is 16.9 Å². The van der Waals surface area contributed by atoms with Gasteiger partial charge in [-0.05, 0) is 29.8 Å². The van der Waals surface area contributed by atoms with E-state index < -0.39 is 0 Å². The van der Waals surface area contributed by atoms with E-state index in [4.69, 9.17) is 5.84 Å². The molecule has 2 aromatic rings. The van der Waals surface area contributed by atoms with Gasteiger partial charge in [0.1, 0.15) is 5.82 Å². The van der Waals surface area contributed by atoms with Crippen molar-refractivity contribution in [3.8, 4) is 0 Å². The first-order chi connectivity index (χ1) is 9.08. The van der Waals surface area contributed by atoms with E-state index in [-0.39, 0.29) is 6.04 Å². The summed E-state index contributed by atoms with van der Waals surface area (Å²) in [5.41, 5.74) is 4.96. The van der Waals surface area contributed by atoms with Crippen LogP contribution in [-0.4, -0.2) is 19.3 Å². The second-order valence-corrected chi connectivity index (χ2v) is 5.27. The Labute approximate surface area is 121 Å². The molecule has 2 heterocycles. The van der Waals surface area contributed by atoms with E-state index in [2.05, 4.69) is 38.4 Å². The molecule has 0 aliphatic carbocycles. The number of hydrogen-bond donors (Lipinski definition) is 2. The highest BCUT2D eigenvalue weighted by Gasteiger charge is 2.20. The molecule has 1 unspecified atom stereocenters. The zero-order valence-electron chi connectivity index (χ0n) is 11.4. The van der Waals surface area contributed by atoms with Crippen molar-refractivity contribution in [3.05, 3.63) is 34.1 Å². The summed E-state index contributed by atoms with van der Waals surface area (Å²) in [5, 5.41) is 4.49. The van der Waals surface area contributed by atoms with Crippen LogP contribution in [0.5, 0.6) is 0 Å². The summed E-state index contributed by atoms with van der Waals surface area (Å²) in [5.74, 6) is 6.59. The average Bonchev–Trinajstić information content (AvgIpc) is 2.93. The predicted octanol–water partition coefficient (Wildman–Crippen LogP) is 1.45. The molecule has 2 rings (SSSR count). The first kappa shape index (κ1) is 14.2. The van der Waals surface area contributed by atoms with Gasteiger partial charge in [0.15, 0.2) is 0 Å². The summed E-state index contributed by atoms with van der Waals surface area (Å²) < 4.78 is 5.01. The highest BCUT2D eigenvalue weighted by atomic mass is 79.9. The number of hydrogen-bond acceptors (Lipinski definition) is 4. The normalized spacial score (nSPS) is 12.9. The minimum absolute atomic E-state index is 0.0438. The van der Waals surface area contributed by atoms with Crippen LogP contribution < -0.4 is 11.3 Å². The van der Waals surface area contributed by atoms with E-state index in [1.807, 2.05) is 29.4 Å². The van der Waals surface area contributed by atoms with Crippen molar-refractivity contribution in [2.75, 3.05) is 0 Å². The largest absolute Gasteiger partial charge is 0.337 e. The maximum atomic E-state index is 5.68. The Balaban J connectivity index is 2.31. The third kappa shape index (κ3) is 2.72. The highest BCUT2D eigenvalue weighted by molar-refractivity contribution is 9.10. The standard InChI is InChI=1S/C12H19BrN6/c1-4-19-10(11(13)8(2)17-19)7-9(16-14)12-15-5-6-18(12)3/h5-6,9,16H,4,7,14H2,1-3H3. The Morgan fingerprint density at radius 2 is 2.26 bits per heavy atom. The molecule has 0 bridgehead atoms. The Morgan fingerprint density at radius 3 is 2.79 bits per heavy atom. The summed E-state index contributed by atoms with van der Waals surface area (Å²) >= 11 is 3.60. The maximum Gasteiger partial charge on any atom is 0.127 e. The van der Waals surface area contributed by atoms with E-state index in [1.54, 1.807) is 6.20 Å². The monoisotopic (exact) mass is 326 g/mol. The zero-order chi connectivity index (χ0) is 14.0. The van der Waals surface area contributed by atoms with Gasteiger partial charge in [0, 0.05) is 32.4 Å². The zero-order valence-corrected chi connectivity index (χ0v) is 13.0. The molecule has 1 atom stereocenters. The summed E-state index contributed by atoms with van der Waals surface area (Å²) in [6, 6.07) is -0.0438. The SMILES string of the molecule is CCn1nc(C)c(Br)c1CC(NN)c1nccn1C. The van der Waals surface area contributed by atoms with Gasteiger partial charge in [-0.3, -0.25) is 10.5 Å². The average molecular weight is 327 g/mol. The molecule has 0 aromatic carbocycles. The van der Waals surface area contributed by atoms with Gasteiger partial charge >= 0.3 is 0 Å². The van der Waals surface area contributed by atoms with Gasteiger partial charge < -0.3 is 4.57 Å². The van der Waals surface area contributed by atoms with E-state index in [0.717, 1.165) is 34.7 Å². The van der Waals surface area contributed by atoms with E-state index in [1.165, 1.54) is 0 Å². The molecule has 0 amide bonds. The van der Waals surface area contributed by atoms with Crippen LogP contribution in [0.1, 0.15) is 30.2 Å². The van der Waals surface area contributed by atoms with Crippen LogP contribution in [-0.2, 0) is 20.0 Å². The van der Waals surface area contributed by atoms with E-state index in [0.29, 0.717) is 0 Å². The number of aryl methyl sites for hydroxylation is 3. The Hall–Kier alpha value is -1.18. The van der Waals surface area contributed by atoms with Crippen LogP contribution in [0.25, 0.3) is 0 Å². The maximum absolute atomic E-state index is 5.68. The molecular formula is C12H19BrN6. The second-order valence-electron chi connectivity index (χ2n) is 4.48. The number of imidazole rings is 1. The molecule has 0 spiro atoms. The lowest BCUT2D eigenvalue weighted by atomic mass is 10.1. The second kappa shape index (κ2) is 5.85. The van der Waals surface area contributed by atoms with Crippen molar-refractivity contribution in [2.45, 2.75) is 32.9 Å². The summed E-state index contributed by atoms with van der Waals surface area (Å²) in [6.07, 6.45) is 4.42. The van der Waals surface area contributed by atoms with Crippen molar-refractivity contribution in [3.63, 3.8) is 0 Å². The number of nitrogens with two attached hydrogens (primary N) is 1. The van der Waals surface area contributed by atoms with Crippen molar-refractivity contribution < 1.29 is 0 Å². The summed E-state index contributed by atoms with van der Waals surface area (Å²) in [7, 11) is 1.96. The molecule has 2 aromatic heterocycles. The third-order valence-corrected chi connectivity index (χ3v) is 4.25. The third-order valence-electron chi connectivity index (χ3n) is 3.22. The topological polar surface area (TPSA) is 73.7 Å². The highest BCUT2D eigenvalue weighted by Crippen LogP contribution is 2.25. The molecule has 0 aliphatic rings. The minimum atomic E-state index is -0.0438. The summed E-state index contributed by atoms with van der Waals surface area (Å²) in [6.45, 7) is 4.90. The predicted molar refractivity (Wildman–Crippen MR) is 77.3 cm³/mol. The number of nitrogens with one attached hydrogen (secondary N) is 1. The fourth-order valence-corrected chi connectivity index (χ4v) is 2.64. The Bertz CT molecular complexity index is 559. The number of hydrazine groups is 1. The van der Waals surface area contributed by atoms with Gasteiger partial charge in [0.25, 0.3) is 0 Å². The van der Waals surface area contributed by atoms with Gasteiger partial charge in [-0.2, -0.15) is 5.10 Å². The molecule has 6 nitrogen and oxygen atoms in total. The van der Waals surface area contributed by atoms with E-state index >= 15 is 0 Å². The van der Waals surface area contributed by atoms with Crippen molar-refractivity contribution >= 4 is 15.9 Å². The molecule has 7 heteroatoms. The molecule has 0 fully saturated rings.